The largest absolute Gasteiger partial charge is 0.481 e. The molecule has 1 heterocycles. The molecule has 0 aliphatic carbocycles. The van der Waals surface area contributed by atoms with Crippen molar-refractivity contribution >= 4 is 23.0 Å². The van der Waals surface area contributed by atoms with Gasteiger partial charge in [0.1, 0.15) is 5.82 Å². The molecule has 2 amide bonds. The molecule has 1 aromatic carbocycles. The molecule has 1 aromatic heterocycles. The van der Waals surface area contributed by atoms with E-state index in [9.17, 15) is 9.59 Å². The average Bonchev–Trinajstić information content (AvgIpc) is 2.77. The van der Waals surface area contributed by atoms with Crippen LogP contribution >= 0.6 is 0 Å². The Morgan fingerprint density at radius 2 is 2.14 bits per heavy atom. The van der Waals surface area contributed by atoms with Crippen LogP contribution in [0, 0.1) is 6.92 Å². The molecule has 7 nitrogen and oxygen atoms in total. The summed E-state index contributed by atoms with van der Waals surface area (Å²) in [7, 11) is 3.47. The lowest BCUT2D eigenvalue weighted by Gasteiger charge is -2.16. The number of aryl methyl sites for hydroxylation is 2. The standard InChI is InChI=1S/C15H20N4O3/c1-10-4-5-12-11(8-10)17-13(19(12)3)9-16-15(22)18(2)7-6-14(20)21/h4-5,8H,6-7,9H2,1-3H3,(H,16,22)(H,20,21). The van der Waals surface area contributed by atoms with Crippen LogP contribution in [0.5, 0.6) is 0 Å². The van der Waals surface area contributed by atoms with Gasteiger partial charge in [0.25, 0.3) is 0 Å². The smallest absolute Gasteiger partial charge is 0.317 e. The summed E-state index contributed by atoms with van der Waals surface area (Å²) in [6, 6.07) is 5.71. The van der Waals surface area contributed by atoms with Gasteiger partial charge in [0.2, 0.25) is 0 Å². The second kappa shape index (κ2) is 6.46. The number of aromatic nitrogens is 2. The van der Waals surface area contributed by atoms with E-state index in [2.05, 4.69) is 10.3 Å². The third kappa shape index (κ3) is 3.55. The second-order valence-corrected chi connectivity index (χ2v) is 5.30. The molecule has 22 heavy (non-hydrogen) atoms. The molecular formula is C15H20N4O3. The molecule has 2 aromatic rings. The Kier molecular flexibility index (Phi) is 4.65. The van der Waals surface area contributed by atoms with E-state index in [1.807, 2.05) is 36.7 Å². The predicted octanol–water partition coefficient (Wildman–Crippen LogP) is 1.50. The minimum atomic E-state index is -0.926. The number of carbonyl (C=O) groups is 2. The molecule has 0 saturated carbocycles. The zero-order chi connectivity index (χ0) is 16.3. The van der Waals surface area contributed by atoms with Crippen LogP contribution in [0.1, 0.15) is 17.8 Å². The Balaban J connectivity index is 2.01. The van der Waals surface area contributed by atoms with Crippen LogP contribution in [0.4, 0.5) is 4.79 Å². The van der Waals surface area contributed by atoms with E-state index in [1.165, 1.54) is 4.90 Å². The molecule has 0 bridgehead atoms. The van der Waals surface area contributed by atoms with Crippen LogP contribution in [-0.4, -0.2) is 45.2 Å². The number of imidazole rings is 1. The van der Waals surface area contributed by atoms with Crippen LogP contribution in [-0.2, 0) is 18.4 Å². The highest BCUT2D eigenvalue weighted by Gasteiger charge is 2.12. The number of aliphatic carboxylic acids is 1. The van der Waals surface area contributed by atoms with Crippen LogP contribution in [0.15, 0.2) is 18.2 Å². The third-order valence-corrected chi connectivity index (χ3v) is 3.53. The lowest BCUT2D eigenvalue weighted by Crippen LogP contribution is -2.38. The minimum Gasteiger partial charge on any atom is -0.481 e. The van der Waals surface area contributed by atoms with Crippen molar-refractivity contribution in [3.63, 3.8) is 0 Å². The molecule has 0 fully saturated rings. The van der Waals surface area contributed by atoms with E-state index in [0.29, 0.717) is 6.54 Å². The molecule has 0 aliphatic rings. The van der Waals surface area contributed by atoms with Gasteiger partial charge in [0, 0.05) is 20.6 Å². The zero-order valence-electron chi connectivity index (χ0n) is 13.0. The molecule has 0 saturated heterocycles. The number of nitrogens with one attached hydrogen (secondary N) is 1. The Morgan fingerprint density at radius 1 is 1.41 bits per heavy atom. The highest BCUT2D eigenvalue weighted by atomic mass is 16.4. The number of rotatable bonds is 5. The highest BCUT2D eigenvalue weighted by molar-refractivity contribution is 5.77. The molecule has 2 N–H and O–H groups in total. The zero-order valence-corrected chi connectivity index (χ0v) is 13.0. The molecule has 0 aliphatic heterocycles. The maximum Gasteiger partial charge on any atom is 0.317 e. The third-order valence-electron chi connectivity index (χ3n) is 3.53. The van der Waals surface area contributed by atoms with Gasteiger partial charge < -0.3 is 19.9 Å². The van der Waals surface area contributed by atoms with Crippen LogP contribution in [0.25, 0.3) is 11.0 Å². The van der Waals surface area contributed by atoms with Gasteiger partial charge in [0.05, 0.1) is 24.0 Å². The van der Waals surface area contributed by atoms with E-state index in [0.717, 1.165) is 22.4 Å². The highest BCUT2D eigenvalue weighted by Crippen LogP contribution is 2.16. The van der Waals surface area contributed by atoms with Crippen LogP contribution in [0.3, 0.4) is 0 Å². The van der Waals surface area contributed by atoms with E-state index in [4.69, 9.17) is 5.11 Å². The second-order valence-electron chi connectivity index (χ2n) is 5.30. The Bertz CT molecular complexity index is 708. The van der Waals surface area contributed by atoms with Crippen molar-refractivity contribution in [2.45, 2.75) is 19.9 Å². The van der Waals surface area contributed by atoms with Gasteiger partial charge in [-0.05, 0) is 24.6 Å². The van der Waals surface area contributed by atoms with Gasteiger partial charge in [-0.3, -0.25) is 4.79 Å². The summed E-state index contributed by atoms with van der Waals surface area (Å²) in [4.78, 5) is 28.3. The number of carboxylic acids is 1. The number of nitrogens with zero attached hydrogens (tertiary/aromatic N) is 3. The van der Waals surface area contributed by atoms with Gasteiger partial charge >= 0.3 is 12.0 Å². The maximum atomic E-state index is 11.9. The van der Waals surface area contributed by atoms with Crippen LogP contribution < -0.4 is 5.32 Å². The van der Waals surface area contributed by atoms with Crippen molar-refractivity contribution in [1.29, 1.82) is 0 Å². The number of amides is 2. The molecule has 2 rings (SSSR count). The van der Waals surface area contributed by atoms with Crippen molar-refractivity contribution < 1.29 is 14.7 Å². The first-order chi connectivity index (χ1) is 10.4. The molecule has 0 spiro atoms. The lowest BCUT2D eigenvalue weighted by molar-refractivity contribution is -0.137. The summed E-state index contributed by atoms with van der Waals surface area (Å²) in [5.74, 6) is -0.175. The Hall–Kier alpha value is -2.57. The van der Waals surface area contributed by atoms with Gasteiger partial charge in [-0.15, -0.1) is 0 Å². The fourth-order valence-electron chi connectivity index (χ4n) is 2.17. The number of hydrogen-bond donors (Lipinski definition) is 2. The first-order valence-electron chi connectivity index (χ1n) is 7.01. The average molecular weight is 304 g/mol. The van der Waals surface area contributed by atoms with Crippen molar-refractivity contribution in [3.05, 3.63) is 29.6 Å². The van der Waals surface area contributed by atoms with Gasteiger partial charge in [-0.2, -0.15) is 0 Å². The fourth-order valence-corrected chi connectivity index (χ4v) is 2.17. The van der Waals surface area contributed by atoms with Crippen molar-refractivity contribution in [1.82, 2.24) is 19.8 Å². The lowest BCUT2D eigenvalue weighted by atomic mass is 10.2. The van der Waals surface area contributed by atoms with Crippen molar-refractivity contribution in [3.8, 4) is 0 Å². The number of urea groups is 1. The van der Waals surface area contributed by atoms with E-state index < -0.39 is 5.97 Å². The van der Waals surface area contributed by atoms with E-state index in [-0.39, 0.29) is 19.0 Å². The topological polar surface area (TPSA) is 87.5 Å². The molecule has 7 heteroatoms. The van der Waals surface area contributed by atoms with Crippen molar-refractivity contribution in [2.75, 3.05) is 13.6 Å². The van der Waals surface area contributed by atoms with E-state index >= 15 is 0 Å². The number of hydrogen-bond acceptors (Lipinski definition) is 3. The first kappa shape index (κ1) is 15.8. The quantitative estimate of drug-likeness (QED) is 0.876. The molecular weight excluding hydrogens is 284 g/mol. The minimum absolute atomic E-state index is 0.0739. The molecule has 118 valence electrons. The summed E-state index contributed by atoms with van der Waals surface area (Å²) in [6.07, 6.45) is -0.0739. The van der Waals surface area contributed by atoms with Gasteiger partial charge in [-0.25, -0.2) is 9.78 Å². The monoisotopic (exact) mass is 304 g/mol. The summed E-state index contributed by atoms with van der Waals surface area (Å²) in [5, 5.41) is 11.4. The summed E-state index contributed by atoms with van der Waals surface area (Å²) in [5.41, 5.74) is 3.04. The molecule has 0 radical (unpaired) electrons. The number of fused-ring (bicyclic) bond motifs is 1. The molecule has 0 atom stereocenters. The SMILES string of the molecule is Cc1ccc2c(c1)nc(CNC(=O)N(C)CCC(=O)O)n2C. The van der Waals surface area contributed by atoms with Crippen LogP contribution in [0.2, 0.25) is 0 Å². The first-order valence-corrected chi connectivity index (χ1v) is 7.01. The molecule has 0 unspecified atom stereocenters. The number of carbonyl (C=O) groups excluding carboxylic acids is 1. The fraction of sp³-hybridized carbons (Fsp3) is 0.400. The number of carboxylic acid groups (broad SMARTS) is 1. The summed E-state index contributed by atoms with van der Waals surface area (Å²) < 4.78 is 1.94. The van der Waals surface area contributed by atoms with Gasteiger partial charge in [0.15, 0.2) is 0 Å². The summed E-state index contributed by atoms with van der Waals surface area (Å²) in [6.45, 7) is 2.47. The Labute approximate surface area is 128 Å². The normalized spacial score (nSPS) is 10.7. The van der Waals surface area contributed by atoms with Crippen molar-refractivity contribution in [2.24, 2.45) is 7.05 Å². The maximum absolute atomic E-state index is 11.9. The van der Waals surface area contributed by atoms with Gasteiger partial charge in [-0.1, -0.05) is 6.07 Å². The van der Waals surface area contributed by atoms with E-state index in [1.54, 1.807) is 7.05 Å². The Morgan fingerprint density at radius 3 is 2.82 bits per heavy atom. The number of benzene rings is 1. The predicted molar refractivity (Wildman–Crippen MR) is 82.6 cm³/mol. The summed E-state index contributed by atoms with van der Waals surface area (Å²) >= 11 is 0.